The Kier molecular flexibility index (Phi) is 7.42. The number of oxime groups is 1. The Morgan fingerprint density at radius 3 is 2.86 bits per heavy atom. The van der Waals surface area contributed by atoms with Crippen LogP contribution in [-0.4, -0.2) is 43.3 Å². The first-order valence-corrected chi connectivity index (χ1v) is 6.70. The summed E-state index contributed by atoms with van der Waals surface area (Å²) in [4.78, 5) is 16.0. The topological polar surface area (TPSA) is 68.1 Å². The summed E-state index contributed by atoms with van der Waals surface area (Å²) < 4.78 is 18.1. The van der Waals surface area contributed by atoms with Gasteiger partial charge >= 0.3 is 5.97 Å². The van der Waals surface area contributed by atoms with Crippen molar-refractivity contribution in [2.45, 2.75) is 18.7 Å². The van der Waals surface area contributed by atoms with Gasteiger partial charge in [-0.3, -0.25) is 0 Å². The highest BCUT2D eigenvalue weighted by Gasteiger charge is 2.17. The van der Waals surface area contributed by atoms with Crippen LogP contribution in [0.3, 0.4) is 0 Å². The summed E-state index contributed by atoms with van der Waals surface area (Å²) in [5.74, 6) is -0.725. The second kappa shape index (κ2) is 8.81. The first-order valence-electron chi connectivity index (χ1n) is 5.95. The van der Waals surface area contributed by atoms with E-state index < -0.39 is 18.2 Å². The number of carbonyl (C=O) groups is 1. The molecule has 2 atom stereocenters. The molecule has 21 heavy (non-hydrogen) atoms. The number of alkyl halides is 1. The quantitative estimate of drug-likeness (QED) is 0.472. The van der Waals surface area contributed by atoms with Crippen molar-refractivity contribution in [2.24, 2.45) is 5.16 Å². The number of rotatable bonds is 7. The van der Waals surface area contributed by atoms with Crippen LogP contribution in [0.2, 0.25) is 10.0 Å². The Bertz CT molecular complexity index is 513. The van der Waals surface area contributed by atoms with Crippen LogP contribution >= 0.6 is 23.2 Å². The van der Waals surface area contributed by atoms with E-state index in [9.17, 15) is 14.3 Å². The molecule has 1 N–H and O–H groups in total. The van der Waals surface area contributed by atoms with Gasteiger partial charge in [-0.15, -0.1) is 0 Å². The Labute approximate surface area is 131 Å². The molecule has 0 saturated carbocycles. The minimum Gasteiger partial charge on any atom is -0.459 e. The highest BCUT2D eigenvalue weighted by Crippen LogP contribution is 2.21. The molecule has 0 heterocycles. The van der Waals surface area contributed by atoms with Crippen molar-refractivity contribution in [2.75, 3.05) is 13.7 Å². The molecule has 116 valence electrons. The lowest BCUT2D eigenvalue weighted by atomic mass is 10.2. The number of hydrogen-bond acceptors (Lipinski definition) is 5. The van der Waals surface area contributed by atoms with Gasteiger partial charge in [-0.1, -0.05) is 28.4 Å². The maximum atomic E-state index is 13.2. The lowest BCUT2D eigenvalue weighted by Crippen LogP contribution is -2.23. The number of benzene rings is 1. The van der Waals surface area contributed by atoms with E-state index in [-0.39, 0.29) is 23.6 Å². The average molecular weight is 338 g/mol. The Balaban J connectivity index is 2.47. The standard InChI is InChI=1S/C13H14Cl2FNO4/c1-20-17-6-9(16)5-10(18)7-21-13(19)11-3-2-8(14)4-12(11)15/h2-4,6,9-10,18H,5,7H2,1H3/b17-6-/t9-,10-/m0/s1. The number of aliphatic hydroxyl groups is 1. The van der Waals surface area contributed by atoms with E-state index in [2.05, 4.69) is 9.99 Å². The minimum absolute atomic E-state index is 0.117. The number of nitrogens with zero attached hydrogens (tertiary/aromatic N) is 1. The van der Waals surface area contributed by atoms with Crippen molar-refractivity contribution in [1.82, 2.24) is 0 Å². The predicted molar refractivity (Wildman–Crippen MR) is 77.8 cm³/mol. The monoisotopic (exact) mass is 337 g/mol. The number of hydrogen-bond donors (Lipinski definition) is 1. The predicted octanol–water partition coefficient (Wildman–Crippen LogP) is 2.87. The maximum absolute atomic E-state index is 13.2. The van der Waals surface area contributed by atoms with E-state index in [1.165, 1.54) is 25.3 Å². The first kappa shape index (κ1) is 17.7. The van der Waals surface area contributed by atoms with Crippen molar-refractivity contribution in [3.8, 4) is 0 Å². The Hall–Kier alpha value is -1.37. The normalized spacial score (nSPS) is 14.0. The lowest BCUT2D eigenvalue weighted by molar-refractivity contribution is 0.0205. The fourth-order valence-corrected chi connectivity index (χ4v) is 1.91. The fourth-order valence-electron chi connectivity index (χ4n) is 1.42. The van der Waals surface area contributed by atoms with Gasteiger partial charge in [0.1, 0.15) is 19.9 Å². The third-order valence-electron chi connectivity index (χ3n) is 2.38. The van der Waals surface area contributed by atoms with Crippen LogP contribution in [0.25, 0.3) is 0 Å². The number of halogens is 3. The van der Waals surface area contributed by atoms with E-state index in [1.54, 1.807) is 0 Å². The van der Waals surface area contributed by atoms with Crippen molar-refractivity contribution >= 4 is 35.4 Å². The molecule has 0 aromatic heterocycles. The molecule has 1 aromatic carbocycles. The molecule has 0 aliphatic carbocycles. The van der Waals surface area contributed by atoms with Crippen LogP contribution < -0.4 is 0 Å². The SMILES string of the molecule is CO/N=C\[C@@H](F)C[C@H](O)COC(=O)c1ccc(Cl)cc1Cl. The molecule has 0 aliphatic heterocycles. The zero-order valence-electron chi connectivity index (χ0n) is 11.1. The highest BCUT2D eigenvalue weighted by molar-refractivity contribution is 6.36. The molecule has 0 saturated heterocycles. The Morgan fingerprint density at radius 1 is 1.52 bits per heavy atom. The number of aliphatic hydroxyl groups excluding tert-OH is 1. The molecule has 0 fully saturated rings. The van der Waals surface area contributed by atoms with Crippen LogP contribution in [-0.2, 0) is 9.57 Å². The van der Waals surface area contributed by atoms with Crippen LogP contribution in [0.5, 0.6) is 0 Å². The van der Waals surface area contributed by atoms with Gasteiger partial charge in [0.25, 0.3) is 0 Å². The van der Waals surface area contributed by atoms with Gasteiger partial charge in [-0.2, -0.15) is 0 Å². The minimum atomic E-state index is -1.50. The van der Waals surface area contributed by atoms with E-state index in [4.69, 9.17) is 27.9 Å². The van der Waals surface area contributed by atoms with Crippen molar-refractivity contribution in [3.63, 3.8) is 0 Å². The zero-order chi connectivity index (χ0) is 15.8. The maximum Gasteiger partial charge on any atom is 0.339 e. The zero-order valence-corrected chi connectivity index (χ0v) is 12.6. The molecule has 0 amide bonds. The van der Waals surface area contributed by atoms with Crippen LogP contribution in [0, 0.1) is 0 Å². The Morgan fingerprint density at radius 2 is 2.24 bits per heavy atom. The third-order valence-corrected chi connectivity index (χ3v) is 2.93. The molecule has 5 nitrogen and oxygen atoms in total. The van der Waals surface area contributed by atoms with Gasteiger partial charge in [0.2, 0.25) is 0 Å². The second-order valence-corrected chi connectivity index (χ2v) is 4.91. The summed E-state index contributed by atoms with van der Waals surface area (Å²) in [6.07, 6.45) is -2.04. The molecule has 1 aromatic rings. The van der Waals surface area contributed by atoms with Gasteiger partial charge in [-0.05, 0) is 18.2 Å². The second-order valence-electron chi connectivity index (χ2n) is 4.07. The molecular weight excluding hydrogens is 324 g/mol. The highest BCUT2D eigenvalue weighted by atomic mass is 35.5. The third kappa shape index (κ3) is 6.29. The van der Waals surface area contributed by atoms with Crippen molar-refractivity contribution in [1.29, 1.82) is 0 Å². The smallest absolute Gasteiger partial charge is 0.339 e. The lowest BCUT2D eigenvalue weighted by Gasteiger charge is -2.12. The van der Waals surface area contributed by atoms with Crippen LogP contribution in [0.1, 0.15) is 16.8 Å². The van der Waals surface area contributed by atoms with E-state index in [0.29, 0.717) is 5.02 Å². The van der Waals surface area contributed by atoms with E-state index >= 15 is 0 Å². The van der Waals surface area contributed by atoms with E-state index in [0.717, 1.165) is 6.21 Å². The summed E-state index contributed by atoms with van der Waals surface area (Å²) in [6.45, 7) is -0.362. The largest absolute Gasteiger partial charge is 0.459 e. The summed E-state index contributed by atoms with van der Waals surface area (Å²) >= 11 is 11.5. The average Bonchev–Trinajstić information content (AvgIpc) is 2.42. The molecular formula is C13H14Cl2FNO4. The molecule has 0 unspecified atom stereocenters. The molecule has 0 spiro atoms. The molecule has 1 rings (SSSR count). The summed E-state index contributed by atoms with van der Waals surface area (Å²) in [7, 11) is 1.28. The number of esters is 1. The van der Waals surface area contributed by atoms with E-state index in [1.807, 2.05) is 0 Å². The number of carbonyl (C=O) groups excluding carboxylic acids is 1. The van der Waals surface area contributed by atoms with Gasteiger partial charge in [0, 0.05) is 11.4 Å². The van der Waals surface area contributed by atoms with Gasteiger partial charge in [-0.25, -0.2) is 9.18 Å². The van der Waals surface area contributed by atoms with Gasteiger partial charge in [0.05, 0.1) is 22.9 Å². The van der Waals surface area contributed by atoms with Crippen LogP contribution in [0.4, 0.5) is 4.39 Å². The van der Waals surface area contributed by atoms with Crippen molar-refractivity contribution in [3.05, 3.63) is 33.8 Å². The molecule has 0 bridgehead atoms. The van der Waals surface area contributed by atoms with Crippen LogP contribution in [0.15, 0.2) is 23.4 Å². The summed E-state index contributed by atoms with van der Waals surface area (Å²) in [5, 5.41) is 13.3. The summed E-state index contributed by atoms with van der Waals surface area (Å²) in [5.41, 5.74) is 0.117. The molecule has 0 aliphatic rings. The fraction of sp³-hybridized carbons (Fsp3) is 0.385. The summed E-state index contributed by atoms with van der Waals surface area (Å²) in [6, 6.07) is 4.29. The van der Waals surface area contributed by atoms with Gasteiger partial charge < -0.3 is 14.7 Å². The van der Waals surface area contributed by atoms with Gasteiger partial charge in [0.15, 0.2) is 0 Å². The first-order chi connectivity index (χ1) is 9.93. The molecule has 0 radical (unpaired) electrons. The van der Waals surface area contributed by atoms with Crippen molar-refractivity contribution < 1.29 is 23.9 Å². The number of ether oxygens (including phenoxy) is 1. The molecule has 8 heteroatoms.